The van der Waals surface area contributed by atoms with Crippen molar-refractivity contribution in [2.45, 2.75) is 64.5 Å². The molecule has 1 saturated carbocycles. The predicted molar refractivity (Wildman–Crippen MR) is 100 cm³/mol. The second kappa shape index (κ2) is 9.94. The molecule has 1 aliphatic rings. The number of alkyl halides is 3. The molecule has 0 N–H and O–H groups in total. The molecule has 1 fully saturated rings. The lowest BCUT2D eigenvalue weighted by Gasteiger charge is -2.26. The SMILES string of the molecule is CCCCCC1CCC(/C=C/c2ccc(/C=C/C(F)(F)F)c(F)c2)CC1. The molecule has 4 heteroatoms. The Morgan fingerprint density at radius 3 is 2.38 bits per heavy atom. The second-order valence-corrected chi connectivity index (χ2v) is 7.29. The minimum absolute atomic E-state index is 0.0490. The van der Waals surface area contributed by atoms with E-state index in [9.17, 15) is 17.6 Å². The summed E-state index contributed by atoms with van der Waals surface area (Å²) in [6.07, 6.45) is 10.5. The highest BCUT2D eigenvalue weighted by molar-refractivity contribution is 5.57. The lowest BCUT2D eigenvalue weighted by molar-refractivity contribution is -0.0790. The van der Waals surface area contributed by atoms with E-state index < -0.39 is 12.0 Å². The van der Waals surface area contributed by atoms with Crippen LogP contribution in [0.2, 0.25) is 0 Å². The number of halogens is 4. The van der Waals surface area contributed by atoms with Crippen LogP contribution in [0.15, 0.2) is 30.4 Å². The Morgan fingerprint density at radius 1 is 1.04 bits per heavy atom. The van der Waals surface area contributed by atoms with E-state index in [1.807, 2.05) is 6.08 Å². The predicted octanol–water partition coefficient (Wildman–Crippen LogP) is 7.80. The van der Waals surface area contributed by atoms with E-state index in [4.69, 9.17) is 0 Å². The largest absolute Gasteiger partial charge is 0.409 e. The van der Waals surface area contributed by atoms with Crippen LogP contribution in [0.3, 0.4) is 0 Å². The average molecular weight is 368 g/mol. The number of rotatable bonds is 7. The van der Waals surface area contributed by atoms with Crippen LogP contribution < -0.4 is 0 Å². The first-order valence-electron chi connectivity index (χ1n) is 9.61. The van der Waals surface area contributed by atoms with Gasteiger partial charge in [-0.2, -0.15) is 13.2 Å². The molecule has 0 heterocycles. The topological polar surface area (TPSA) is 0 Å². The van der Waals surface area contributed by atoms with Gasteiger partial charge in [-0.05, 0) is 55.2 Å². The Kier molecular flexibility index (Phi) is 7.92. The third-order valence-electron chi connectivity index (χ3n) is 5.14. The molecule has 144 valence electrons. The van der Waals surface area contributed by atoms with Gasteiger partial charge in [-0.1, -0.05) is 56.9 Å². The molecule has 26 heavy (non-hydrogen) atoms. The normalized spacial score (nSPS) is 21.7. The van der Waals surface area contributed by atoms with Crippen LogP contribution in [0.1, 0.15) is 69.4 Å². The fourth-order valence-corrected chi connectivity index (χ4v) is 3.57. The van der Waals surface area contributed by atoms with E-state index in [0.717, 1.165) is 12.0 Å². The number of benzene rings is 1. The minimum Gasteiger partial charge on any atom is -0.206 e. The van der Waals surface area contributed by atoms with Crippen molar-refractivity contribution in [3.8, 4) is 0 Å². The van der Waals surface area contributed by atoms with Crippen LogP contribution >= 0.6 is 0 Å². The van der Waals surface area contributed by atoms with Gasteiger partial charge in [0.1, 0.15) is 5.82 Å². The van der Waals surface area contributed by atoms with Crippen molar-refractivity contribution in [2.75, 3.05) is 0 Å². The van der Waals surface area contributed by atoms with Gasteiger partial charge in [-0.15, -0.1) is 0 Å². The maximum atomic E-state index is 13.9. The summed E-state index contributed by atoms with van der Waals surface area (Å²) in [7, 11) is 0. The molecule has 0 aliphatic heterocycles. The van der Waals surface area contributed by atoms with Gasteiger partial charge in [-0.3, -0.25) is 0 Å². The molecule has 1 aromatic rings. The second-order valence-electron chi connectivity index (χ2n) is 7.29. The summed E-state index contributed by atoms with van der Waals surface area (Å²) in [6, 6.07) is 4.34. The third kappa shape index (κ3) is 7.35. The van der Waals surface area contributed by atoms with Gasteiger partial charge in [0.15, 0.2) is 0 Å². The molecule has 0 atom stereocenters. The number of allylic oxidation sites excluding steroid dienone is 2. The molecule has 0 spiro atoms. The summed E-state index contributed by atoms with van der Waals surface area (Å²) in [6.45, 7) is 2.23. The highest BCUT2D eigenvalue weighted by Gasteiger charge is 2.22. The van der Waals surface area contributed by atoms with Crippen molar-refractivity contribution >= 4 is 12.2 Å². The Bertz CT molecular complexity index is 605. The first-order valence-corrected chi connectivity index (χ1v) is 9.61. The van der Waals surface area contributed by atoms with E-state index >= 15 is 0 Å². The summed E-state index contributed by atoms with van der Waals surface area (Å²) in [5.74, 6) is 0.737. The molecule has 0 bridgehead atoms. The molecule has 1 aromatic carbocycles. The van der Waals surface area contributed by atoms with Crippen molar-refractivity contribution < 1.29 is 17.6 Å². The zero-order valence-corrected chi connectivity index (χ0v) is 15.4. The maximum absolute atomic E-state index is 13.9. The van der Waals surface area contributed by atoms with Crippen LogP contribution in [-0.4, -0.2) is 6.18 Å². The van der Waals surface area contributed by atoms with Crippen LogP contribution in [0.25, 0.3) is 12.2 Å². The Hall–Kier alpha value is -1.58. The van der Waals surface area contributed by atoms with E-state index in [1.165, 1.54) is 63.5 Å². The number of hydrogen-bond donors (Lipinski definition) is 0. The Balaban J connectivity index is 1.85. The molecule has 0 aromatic heterocycles. The van der Waals surface area contributed by atoms with Crippen LogP contribution in [-0.2, 0) is 0 Å². The van der Waals surface area contributed by atoms with Gasteiger partial charge in [0.2, 0.25) is 0 Å². The van der Waals surface area contributed by atoms with Gasteiger partial charge < -0.3 is 0 Å². The molecule has 0 nitrogen and oxygen atoms in total. The molecule has 0 amide bonds. The zero-order chi connectivity index (χ0) is 19.0. The highest BCUT2D eigenvalue weighted by atomic mass is 19.4. The molecule has 0 unspecified atom stereocenters. The van der Waals surface area contributed by atoms with E-state index in [2.05, 4.69) is 13.0 Å². The van der Waals surface area contributed by atoms with Crippen molar-refractivity contribution in [1.82, 2.24) is 0 Å². The fourth-order valence-electron chi connectivity index (χ4n) is 3.57. The standard InChI is InChI=1S/C22H28F4/c1-2-3-4-5-17-6-8-18(9-7-17)10-11-19-12-13-20(21(23)16-19)14-15-22(24,25)26/h10-18H,2-9H2,1H3/b11-10+,15-14+. The molecular weight excluding hydrogens is 340 g/mol. The van der Waals surface area contributed by atoms with E-state index in [-0.39, 0.29) is 11.6 Å². The Labute approximate surface area is 154 Å². The zero-order valence-electron chi connectivity index (χ0n) is 15.4. The first-order chi connectivity index (χ1) is 12.4. The lowest BCUT2D eigenvalue weighted by atomic mass is 9.79. The third-order valence-corrected chi connectivity index (χ3v) is 5.14. The summed E-state index contributed by atoms with van der Waals surface area (Å²) in [4.78, 5) is 0. The fraction of sp³-hybridized carbons (Fsp3) is 0.545. The van der Waals surface area contributed by atoms with Gasteiger partial charge in [0.25, 0.3) is 0 Å². The number of hydrogen-bond acceptors (Lipinski definition) is 0. The van der Waals surface area contributed by atoms with Gasteiger partial charge in [0, 0.05) is 11.6 Å². The molecule has 1 aliphatic carbocycles. The van der Waals surface area contributed by atoms with Crippen molar-refractivity contribution in [3.63, 3.8) is 0 Å². The maximum Gasteiger partial charge on any atom is 0.409 e. The minimum atomic E-state index is -4.43. The summed E-state index contributed by atoms with van der Waals surface area (Å²) < 4.78 is 50.5. The van der Waals surface area contributed by atoms with Crippen LogP contribution in [0.5, 0.6) is 0 Å². The average Bonchev–Trinajstić information content (AvgIpc) is 2.59. The van der Waals surface area contributed by atoms with Gasteiger partial charge in [0.05, 0.1) is 0 Å². The van der Waals surface area contributed by atoms with Crippen molar-refractivity contribution in [1.29, 1.82) is 0 Å². The van der Waals surface area contributed by atoms with Gasteiger partial charge >= 0.3 is 6.18 Å². The van der Waals surface area contributed by atoms with Crippen LogP contribution in [0, 0.1) is 17.7 Å². The Morgan fingerprint density at radius 2 is 1.77 bits per heavy atom. The molecule has 0 radical (unpaired) electrons. The molecule has 0 saturated heterocycles. The summed E-state index contributed by atoms with van der Waals surface area (Å²) in [5.41, 5.74) is 0.642. The molecule has 2 rings (SSSR count). The highest BCUT2D eigenvalue weighted by Crippen LogP contribution is 2.33. The van der Waals surface area contributed by atoms with Crippen LogP contribution in [0.4, 0.5) is 17.6 Å². The summed E-state index contributed by atoms with van der Waals surface area (Å²) >= 11 is 0. The van der Waals surface area contributed by atoms with E-state index in [0.29, 0.717) is 11.5 Å². The van der Waals surface area contributed by atoms with Crippen molar-refractivity contribution in [3.05, 3.63) is 47.3 Å². The smallest absolute Gasteiger partial charge is 0.206 e. The first kappa shape index (κ1) is 20.7. The lowest BCUT2D eigenvalue weighted by Crippen LogP contribution is -2.12. The monoisotopic (exact) mass is 368 g/mol. The van der Waals surface area contributed by atoms with Gasteiger partial charge in [-0.25, -0.2) is 4.39 Å². The summed E-state index contributed by atoms with van der Waals surface area (Å²) in [5, 5.41) is 0. The molecular formula is C22H28F4. The van der Waals surface area contributed by atoms with E-state index in [1.54, 1.807) is 6.07 Å². The number of unbranched alkanes of at least 4 members (excludes halogenated alkanes) is 2. The quantitative estimate of drug-likeness (QED) is 0.340. The van der Waals surface area contributed by atoms with Crippen molar-refractivity contribution in [2.24, 2.45) is 11.8 Å².